The van der Waals surface area contributed by atoms with E-state index in [1.165, 1.54) is 19.3 Å². The first kappa shape index (κ1) is 11.1. The highest BCUT2D eigenvalue weighted by Gasteiger charge is 2.11. The van der Waals surface area contributed by atoms with E-state index in [1.54, 1.807) is 6.33 Å². The maximum absolute atomic E-state index is 4.55. The minimum atomic E-state index is 1.01. The predicted octanol–water partition coefficient (Wildman–Crippen LogP) is 2.53. The lowest BCUT2D eigenvalue weighted by Crippen LogP contribution is -2.29. The van der Waals surface area contributed by atoms with Gasteiger partial charge in [-0.15, -0.1) is 0 Å². The third-order valence-corrected chi connectivity index (χ3v) is 3.32. The van der Waals surface area contributed by atoms with Crippen molar-refractivity contribution in [1.29, 1.82) is 0 Å². The molecule has 0 unspecified atom stereocenters. The highest BCUT2D eigenvalue weighted by molar-refractivity contribution is 5.61. The number of piperidine rings is 1. The SMILES string of the molecule is c1ncc(-c2ccc(N3CCCCC3)nc2)cn1. The molecule has 4 nitrogen and oxygen atoms in total. The van der Waals surface area contributed by atoms with Crippen molar-refractivity contribution in [2.45, 2.75) is 19.3 Å². The Morgan fingerprint density at radius 2 is 1.61 bits per heavy atom. The van der Waals surface area contributed by atoms with Crippen molar-refractivity contribution in [3.8, 4) is 11.1 Å². The minimum Gasteiger partial charge on any atom is -0.357 e. The third kappa shape index (κ3) is 2.32. The van der Waals surface area contributed by atoms with Gasteiger partial charge in [0, 0.05) is 42.8 Å². The molecule has 0 atom stereocenters. The van der Waals surface area contributed by atoms with Crippen LogP contribution in [0.2, 0.25) is 0 Å². The van der Waals surface area contributed by atoms with E-state index < -0.39 is 0 Å². The Hall–Kier alpha value is -1.97. The van der Waals surface area contributed by atoms with Crippen LogP contribution in [0, 0.1) is 0 Å². The van der Waals surface area contributed by atoms with Crippen molar-refractivity contribution in [2.75, 3.05) is 18.0 Å². The topological polar surface area (TPSA) is 41.9 Å². The molecule has 2 aromatic rings. The van der Waals surface area contributed by atoms with Crippen molar-refractivity contribution < 1.29 is 0 Å². The zero-order chi connectivity index (χ0) is 12.2. The van der Waals surface area contributed by atoms with Gasteiger partial charge in [-0.1, -0.05) is 0 Å². The van der Waals surface area contributed by atoms with Gasteiger partial charge in [0.2, 0.25) is 0 Å². The predicted molar refractivity (Wildman–Crippen MR) is 71.3 cm³/mol. The minimum absolute atomic E-state index is 1.01. The number of anilines is 1. The summed E-state index contributed by atoms with van der Waals surface area (Å²) in [5.74, 6) is 1.08. The maximum atomic E-state index is 4.55. The standard InChI is InChI=1S/C14H16N4/c1-2-6-18(7-3-1)14-5-4-12(10-17-14)13-8-15-11-16-9-13/h4-5,8-11H,1-3,6-7H2. The van der Waals surface area contributed by atoms with Crippen LogP contribution >= 0.6 is 0 Å². The van der Waals surface area contributed by atoms with Gasteiger partial charge in [0.15, 0.2) is 0 Å². The number of pyridine rings is 1. The van der Waals surface area contributed by atoms with Crippen LogP contribution < -0.4 is 4.90 Å². The number of aromatic nitrogens is 3. The molecular weight excluding hydrogens is 224 g/mol. The second kappa shape index (κ2) is 5.12. The van der Waals surface area contributed by atoms with Gasteiger partial charge in [0.25, 0.3) is 0 Å². The van der Waals surface area contributed by atoms with Gasteiger partial charge in [0.1, 0.15) is 12.1 Å². The van der Waals surface area contributed by atoms with E-state index in [4.69, 9.17) is 0 Å². The number of hydrogen-bond donors (Lipinski definition) is 0. The average molecular weight is 240 g/mol. The summed E-state index contributed by atoms with van der Waals surface area (Å²) in [6, 6.07) is 4.18. The first-order valence-corrected chi connectivity index (χ1v) is 6.40. The molecule has 18 heavy (non-hydrogen) atoms. The molecule has 0 spiro atoms. The Morgan fingerprint density at radius 1 is 0.833 bits per heavy atom. The summed E-state index contributed by atoms with van der Waals surface area (Å²) in [5, 5.41) is 0. The summed E-state index contributed by atoms with van der Waals surface area (Å²) in [6.45, 7) is 2.25. The van der Waals surface area contributed by atoms with Crippen LogP contribution in [0.3, 0.4) is 0 Å². The van der Waals surface area contributed by atoms with Gasteiger partial charge in [-0.25, -0.2) is 15.0 Å². The molecule has 0 bridgehead atoms. The highest BCUT2D eigenvalue weighted by Crippen LogP contribution is 2.21. The fourth-order valence-corrected chi connectivity index (χ4v) is 2.32. The van der Waals surface area contributed by atoms with Gasteiger partial charge >= 0.3 is 0 Å². The molecule has 0 amide bonds. The molecule has 0 aromatic carbocycles. The summed E-state index contributed by atoms with van der Waals surface area (Å²) in [6.07, 6.45) is 11.0. The molecule has 0 saturated carbocycles. The summed E-state index contributed by atoms with van der Waals surface area (Å²) in [4.78, 5) is 15.0. The van der Waals surface area contributed by atoms with Crippen LogP contribution in [-0.4, -0.2) is 28.0 Å². The molecule has 1 fully saturated rings. The largest absolute Gasteiger partial charge is 0.357 e. The van der Waals surface area contributed by atoms with E-state index in [9.17, 15) is 0 Å². The Labute approximate surface area is 107 Å². The van der Waals surface area contributed by atoms with Crippen LogP contribution in [0.15, 0.2) is 37.1 Å². The second-order valence-corrected chi connectivity index (χ2v) is 4.58. The summed E-state index contributed by atoms with van der Waals surface area (Å²) < 4.78 is 0. The van der Waals surface area contributed by atoms with Crippen molar-refractivity contribution in [1.82, 2.24) is 15.0 Å². The highest BCUT2D eigenvalue weighted by atomic mass is 15.2. The molecule has 0 aliphatic carbocycles. The molecule has 4 heteroatoms. The van der Waals surface area contributed by atoms with E-state index in [2.05, 4.69) is 32.0 Å². The smallest absolute Gasteiger partial charge is 0.128 e. The average Bonchev–Trinajstić information content (AvgIpc) is 2.49. The number of nitrogens with zero attached hydrogens (tertiary/aromatic N) is 4. The van der Waals surface area contributed by atoms with Crippen LogP contribution in [0.4, 0.5) is 5.82 Å². The van der Waals surface area contributed by atoms with Gasteiger partial charge in [-0.2, -0.15) is 0 Å². The maximum Gasteiger partial charge on any atom is 0.128 e. The molecule has 3 heterocycles. The van der Waals surface area contributed by atoms with Crippen molar-refractivity contribution in [3.63, 3.8) is 0 Å². The Bertz CT molecular complexity index is 489. The van der Waals surface area contributed by atoms with Crippen LogP contribution in [0.5, 0.6) is 0 Å². The lowest BCUT2D eigenvalue weighted by Gasteiger charge is -2.27. The second-order valence-electron chi connectivity index (χ2n) is 4.58. The molecule has 0 radical (unpaired) electrons. The molecule has 2 aromatic heterocycles. The van der Waals surface area contributed by atoms with Crippen LogP contribution in [-0.2, 0) is 0 Å². The molecular formula is C14H16N4. The number of rotatable bonds is 2. The van der Waals surface area contributed by atoms with E-state index in [1.807, 2.05) is 18.6 Å². The fraction of sp³-hybridized carbons (Fsp3) is 0.357. The molecule has 0 N–H and O–H groups in total. The van der Waals surface area contributed by atoms with Crippen molar-refractivity contribution >= 4 is 5.82 Å². The van der Waals surface area contributed by atoms with E-state index in [-0.39, 0.29) is 0 Å². The summed E-state index contributed by atoms with van der Waals surface area (Å²) in [7, 11) is 0. The summed E-state index contributed by atoms with van der Waals surface area (Å²) >= 11 is 0. The molecule has 1 aliphatic heterocycles. The Balaban J connectivity index is 1.80. The van der Waals surface area contributed by atoms with E-state index >= 15 is 0 Å². The zero-order valence-corrected chi connectivity index (χ0v) is 10.3. The van der Waals surface area contributed by atoms with Crippen LogP contribution in [0.1, 0.15) is 19.3 Å². The zero-order valence-electron chi connectivity index (χ0n) is 10.3. The monoisotopic (exact) mass is 240 g/mol. The quantitative estimate of drug-likeness (QED) is 0.809. The lowest BCUT2D eigenvalue weighted by atomic mass is 10.1. The fourth-order valence-electron chi connectivity index (χ4n) is 2.32. The Morgan fingerprint density at radius 3 is 2.28 bits per heavy atom. The Kier molecular flexibility index (Phi) is 3.17. The normalized spacial score (nSPS) is 15.7. The van der Waals surface area contributed by atoms with Gasteiger partial charge in [-0.05, 0) is 31.4 Å². The van der Waals surface area contributed by atoms with Gasteiger partial charge < -0.3 is 4.90 Å². The van der Waals surface area contributed by atoms with E-state index in [0.29, 0.717) is 0 Å². The first-order chi connectivity index (χ1) is 8.93. The molecule has 92 valence electrons. The molecule has 1 aliphatic rings. The van der Waals surface area contributed by atoms with Crippen molar-refractivity contribution in [3.05, 3.63) is 37.1 Å². The molecule has 1 saturated heterocycles. The van der Waals surface area contributed by atoms with Gasteiger partial charge in [-0.3, -0.25) is 0 Å². The van der Waals surface area contributed by atoms with E-state index in [0.717, 1.165) is 30.0 Å². The third-order valence-electron chi connectivity index (χ3n) is 3.32. The van der Waals surface area contributed by atoms with Crippen molar-refractivity contribution in [2.24, 2.45) is 0 Å². The van der Waals surface area contributed by atoms with Crippen LogP contribution in [0.25, 0.3) is 11.1 Å². The molecule has 3 rings (SSSR count). The number of hydrogen-bond acceptors (Lipinski definition) is 4. The lowest BCUT2D eigenvalue weighted by molar-refractivity contribution is 0.573. The first-order valence-electron chi connectivity index (χ1n) is 6.40. The van der Waals surface area contributed by atoms with Gasteiger partial charge in [0.05, 0.1) is 0 Å². The summed E-state index contributed by atoms with van der Waals surface area (Å²) in [5.41, 5.74) is 2.08.